The van der Waals surface area contributed by atoms with Crippen LogP contribution in [0.3, 0.4) is 0 Å². The number of rotatable bonds is 5. The van der Waals surface area contributed by atoms with Crippen molar-refractivity contribution in [3.8, 4) is 0 Å². The van der Waals surface area contributed by atoms with E-state index in [1.807, 2.05) is 0 Å². The van der Waals surface area contributed by atoms with Crippen molar-refractivity contribution in [1.29, 1.82) is 0 Å². The summed E-state index contributed by atoms with van der Waals surface area (Å²) < 4.78 is 0.834. The van der Waals surface area contributed by atoms with E-state index in [1.165, 1.54) is 24.3 Å². The number of thioether (sulfide) groups is 1. The summed E-state index contributed by atoms with van der Waals surface area (Å²) >= 11 is 2.14. The molecule has 2 aromatic heterocycles. The number of thiophene rings is 1. The molecule has 2 aromatic rings. The van der Waals surface area contributed by atoms with E-state index in [-0.39, 0.29) is 28.1 Å². The van der Waals surface area contributed by atoms with Gasteiger partial charge in [0.2, 0.25) is 11.1 Å². The van der Waals surface area contributed by atoms with E-state index in [0.717, 1.165) is 16.4 Å². The number of carbonyl (C=O) groups is 2. The van der Waals surface area contributed by atoms with Crippen molar-refractivity contribution in [3.05, 3.63) is 33.1 Å². The second-order valence-corrected chi connectivity index (χ2v) is 5.97. The Bertz CT molecular complexity index is 784. The number of primary amides is 1. The number of amides is 2. The standard InChI is InChI=1S/C11H12N6O3S2/c1-5-10(20)17(13)11(16-15-5)22-4-7(18)14-9-6(8(12)19)2-3-21-9/h2-3H,4,13H2,1H3,(H2,12,19)(H,14,18). The van der Waals surface area contributed by atoms with Crippen molar-refractivity contribution in [2.24, 2.45) is 5.73 Å². The molecule has 0 fully saturated rings. The molecule has 22 heavy (non-hydrogen) atoms. The van der Waals surface area contributed by atoms with Gasteiger partial charge < -0.3 is 16.9 Å². The van der Waals surface area contributed by atoms with E-state index in [1.54, 1.807) is 5.38 Å². The number of nitrogens with zero attached hydrogens (tertiary/aromatic N) is 3. The summed E-state index contributed by atoms with van der Waals surface area (Å²) in [5, 5.41) is 12.1. The summed E-state index contributed by atoms with van der Waals surface area (Å²) in [6.45, 7) is 1.49. The maximum atomic E-state index is 11.9. The van der Waals surface area contributed by atoms with Gasteiger partial charge in [-0.2, -0.15) is 4.68 Å². The lowest BCUT2D eigenvalue weighted by Crippen LogP contribution is -2.32. The minimum absolute atomic E-state index is 0.0511. The van der Waals surface area contributed by atoms with Gasteiger partial charge in [-0.1, -0.05) is 11.8 Å². The molecule has 0 radical (unpaired) electrons. The molecule has 0 saturated heterocycles. The van der Waals surface area contributed by atoms with Crippen LogP contribution < -0.4 is 22.5 Å². The number of nitrogen functional groups attached to an aromatic ring is 1. The third-order valence-corrected chi connectivity index (χ3v) is 4.31. The number of aromatic nitrogens is 3. The minimum atomic E-state index is -0.621. The Hall–Kier alpha value is -2.40. The molecule has 11 heteroatoms. The SMILES string of the molecule is Cc1nnc(SCC(=O)Nc2sccc2C(N)=O)n(N)c1=O. The van der Waals surface area contributed by atoms with E-state index < -0.39 is 11.5 Å². The Morgan fingerprint density at radius 1 is 1.45 bits per heavy atom. The fourth-order valence-electron chi connectivity index (χ4n) is 1.46. The van der Waals surface area contributed by atoms with Crippen molar-refractivity contribution >= 4 is 39.9 Å². The van der Waals surface area contributed by atoms with E-state index in [4.69, 9.17) is 11.6 Å². The molecule has 2 rings (SSSR count). The zero-order chi connectivity index (χ0) is 16.3. The number of hydrogen-bond donors (Lipinski definition) is 3. The van der Waals surface area contributed by atoms with Crippen molar-refractivity contribution in [2.45, 2.75) is 12.1 Å². The van der Waals surface area contributed by atoms with Gasteiger partial charge in [0.15, 0.2) is 0 Å². The maximum absolute atomic E-state index is 11.9. The molecule has 116 valence electrons. The maximum Gasteiger partial charge on any atom is 0.294 e. The summed E-state index contributed by atoms with van der Waals surface area (Å²) in [4.78, 5) is 34.6. The largest absolute Gasteiger partial charge is 0.366 e. The van der Waals surface area contributed by atoms with Gasteiger partial charge in [-0.3, -0.25) is 14.4 Å². The van der Waals surface area contributed by atoms with Crippen molar-refractivity contribution in [2.75, 3.05) is 16.9 Å². The fraction of sp³-hybridized carbons (Fsp3) is 0.182. The Labute approximate surface area is 132 Å². The van der Waals surface area contributed by atoms with Crippen LogP contribution in [-0.4, -0.2) is 32.4 Å². The number of hydrogen-bond acceptors (Lipinski definition) is 8. The predicted octanol–water partition coefficient (Wildman–Crippen LogP) is -0.448. The number of carbonyl (C=O) groups excluding carboxylic acids is 2. The number of nitrogens with one attached hydrogen (secondary N) is 1. The monoisotopic (exact) mass is 340 g/mol. The average molecular weight is 340 g/mol. The van der Waals surface area contributed by atoms with Gasteiger partial charge in [0.05, 0.1) is 11.3 Å². The molecule has 0 aliphatic heterocycles. The second-order valence-electron chi connectivity index (χ2n) is 4.11. The Balaban J connectivity index is 2.02. The highest BCUT2D eigenvalue weighted by atomic mass is 32.2. The molecular formula is C11H12N6O3S2. The molecule has 2 heterocycles. The molecular weight excluding hydrogens is 328 g/mol. The lowest BCUT2D eigenvalue weighted by molar-refractivity contribution is -0.113. The van der Waals surface area contributed by atoms with Gasteiger partial charge in [0.1, 0.15) is 10.7 Å². The summed E-state index contributed by atoms with van der Waals surface area (Å²) in [5.74, 6) is 4.50. The summed E-state index contributed by atoms with van der Waals surface area (Å²) in [7, 11) is 0. The first kappa shape index (κ1) is 16.0. The van der Waals surface area contributed by atoms with Gasteiger partial charge in [0, 0.05) is 0 Å². The smallest absolute Gasteiger partial charge is 0.294 e. The summed E-state index contributed by atoms with van der Waals surface area (Å²) in [5.41, 5.74) is 5.12. The first-order valence-corrected chi connectivity index (χ1v) is 7.78. The fourth-order valence-corrected chi connectivity index (χ4v) is 2.92. The predicted molar refractivity (Wildman–Crippen MR) is 83.4 cm³/mol. The van der Waals surface area contributed by atoms with Crippen LogP contribution in [0, 0.1) is 6.92 Å². The quantitative estimate of drug-likeness (QED) is 0.493. The first-order valence-electron chi connectivity index (χ1n) is 5.91. The zero-order valence-corrected chi connectivity index (χ0v) is 13.0. The Morgan fingerprint density at radius 3 is 2.86 bits per heavy atom. The highest BCUT2D eigenvalue weighted by Gasteiger charge is 2.14. The van der Waals surface area contributed by atoms with E-state index >= 15 is 0 Å². The van der Waals surface area contributed by atoms with E-state index in [2.05, 4.69) is 15.5 Å². The topological polar surface area (TPSA) is 146 Å². The first-order chi connectivity index (χ1) is 10.4. The van der Waals surface area contributed by atoms with Crippen LogP contribution in [0.5, 0.6) is 0 Å². The normalized spacial score (nSPS) is 10.4. The van der Waals surface area contributed by atoms with E-state index in [9.17, 15) is 14.4 Å². The van der Waals surface area contributed by atoms with Gasteiger partial charge in [-0.15, -0.1) is 21.5 Å². The molecule has 0 bridgehead atoms. The average Bonchev–Trinajstić information content (AvgIpc) is 2.92. The second kappa shape index (κ2) is 6.58. The molecule has 0 saturated carbocycles. The molecule has 0 aliphatic carbocycles. The minimum Gasteiger partial charge on any atom is -0.366 e. The van der Waals surface area contributed by atoms with Crippen molar-refractivity contribution in [3.63, 3.8) is 0 Å². The number of anilines is 1. The van der Waals surface area contributed by atoms with Gasteiger partial charge in [-0.05, 0) is 18.4 Å². The summed E-state index contributed by atoms with van der Waals surface area (Å²) in [6.07, 6.45) is 0. The number of aryl methyl sites for hydroxylation is 1. The van der Waals surface area contributed by atoms with Gasteiger partial charge in [0.25, 0.3) is 11.5 Å². The highest BCUT2D eigenvalue weighted by molar-refractivity contribution is 7.99. The third kappa shape index (κ3) is 3.43. The highest BCUT2D eigenvalue weighted by Crippen LogP contribution is 2.23. The van der Waals surface area contributed by atoms with Crippen LogP contribution in [0.4, 0.5) is 5.00 Å². The van der Waals surface area contributed by atoms with E-state index in [0.29, 0.717) is 5.00 Å². The molecule has 0 aliphatic rings. The van der Waals surface area contributed by atoms with Crippen LogP contribution in [0.25, 0.3) is 0 Å². The number of nitrogens with two attached hydrogens (primary N) is 2. The van der Waals surface area contributed by atoms with Crippen LogP contribution >= 0.6 is 23.1 Å². The molecule has 0 atom stereocenters. The molecule has 0 unspecified atom stereocenters. The van der Waals surface area contributed by atoms with Crippen molar-refractivity contribution < 1.29 is 9.59 Å². The van der Waals surface area contributed by atoms with Gasteiger partial charge in [-0.25, -0.2) is 0 Å². The van der Waals surface area contributed by atoms with Crippen LogP contribution in [0.1, 0.15) is 16.1 Å². The third-order valence-electron chi connectivity index (χ3n) is 2.54. The molecule has 0 aromatic carbocycles. The van der Waals surface area contributed by atoms with Crippen molar-refractivity contribution in [1.82, 2.24) is 14.9 Å². The van der Waals surface area contributed by atoms with Crippen LogP contribution in [0.2, 0.25) is 0 Å². The molecule has 9 nitrogen and oxygen atoms in total. The zero-order valence-electron chi connectivity index (χ0n) is 11.4. The van der Waals surface area contributed by atoms with Gasteiger partial charge >= 0.3 is 0 Å². The molecule has 0 spiro atoms. The lowest BCUT2D eigenvalue weighted by Gasteiger charge is -2.06. The lowest BCUT2D eigenvalue weighted by atomic mass is 10.3. The Morgan fingerprint density at radius 2 is 2.18 bits per heavy atom. The molecule has 5 N–H and O–H groups in total. The molecule has 2 amide bonds. The van der Waals surface area contributed by atoms with Crippen LogP contribution in [-0.2, 0) is 4.79 Å². The van der Waals surface area contributed by atoms with Crippen LogP contribution in [0.15, 0.2) is 21.4 Å². The summed E-state index contributed by atoms with van der Waals surface area (Å²) in [6, 6.07) is 1.53. The Kier molecular flexibility index (Phi) is 4.78.